The molecule has 0 spiro atoms. The van der Waals surface area contributed by atoms with Gasteiger partial charge in [0.1, 0.15) is 5.71 Å². The van der Waals surface area contributed by atoms with Crippen LogP contribution in [0.5, 0.6) is 0 Å². The first-order valence-electron chi connectivity index (χ1n) is 7.80. The molecule has 0 bridgehead atoms. The normalized spacial score (nSPS) is 11.4. The predicted molar refractivity (Wildman–Crippen MR) is 102 cm³/mol. The van der Waals surface area contributed by atoms with E-state index in [0.29, 0.717) is 23.4 Å². The summed E-state index contributed by atoms with van der Waals surface area (Å²) in [6.07, 6.45) is 10.0. The van der Waals surface area contributed by atoms with Crippen LogP contribution in [0.1, 0.15) is 12.7 Å². The van der Waals surface area contributed by atoms with Gasteiger partial charge in [-0.05, 0) is 25.1 Å². The zero-order chi connectivity index (χ0) is 18.1. The zero-order valence-corrected chi connectivity index (χ0v) is 14.4. The molecule has 2 aromatic rings. The molecule has 0 aliphatic carbocycles. The van der Waals surface area contributed by atoms with E-state index < -0.39 is 0 Å². The van der Waals surface area contributed by atoms with Crippen molar-refractivity contribution in [3.8, 4) is 0 Å². The molecule has 0 unspecified atom stereocenters. The molecule has 0 saturated carbocycles. The summed E-state index contributed by atoms with van der Waals surface area (Å²) >= 11 is 0. The van der Waals surface area contributed by atoms with Crippen LogP contribution in [-0.4, -0.2) is 39.2 Å². The first kappa shape index (κ1) is 18.0. The zero-order valence-electron chi connectivity index (χ0n) is 14.4. The van der Waals surface area contributed by atoms with Crippen LogP contribution in [-0.2, 0) is 0 Å². The van der Waals surface area contributed by atoms with Gasteiger partial charge in [0, 0.05) is 37.9 Å². The van der Waals surface area contributed by atoms with Gasteiger partial charge in [0.15, 0.2) is 5.82 Å². The molecular formula is C18H21N7. The van der Waals surface area contributed by atoms with Crippen molar-refractivity contribution in [1.82, 2.24) is 19.9 Å². The Hall–Kier alpha value is -3.35. The molecule has 7 heteroatoms. The third kappa shape index (κ3) is 5.07. The predicted octanol–water partition coefficient (Wildman–Crippen LogP) is 3.14. The minimum absolute atomic E-state index is 0.426. The number of anilines is 3. The smallest absolute Gasteiger partial charge is 0.232 e. The monoisotopic (exact) mass is 335 g/mol. The highest BCUT2D eigenvalue weighted by molar-refractivity contribution is 6.06. The molecule has 2 heterocycles. The lowest BCUT2D eigenvalue weighted by atomic mass is 10.3. The van der Waals surface area contributed by atoms with Crippen molar-refractivity contribution in [2.45, 2.75) is 6.92 Å². The Morgan fingerprint density at radius 3 is 2.64 bits per heavy atom. The van der Waals surface area contributed by atoms with Gasteiger partial charge in [0.05, 0.1) is 0 Å². The highest BCUT2D eigenvalue weighted by Crippen LogP contribution is 2.15. The summed E-state index contributed by atoms with van der Waals surface area (Å²) in [5.74, 6) is 1.42. The van der Waals surface area contributed by atoms with Crippen LogP contribution in [0.3, 0.4) is 0 Å². The van der Waals surface area contributed by atoms with Crippen molar-refractivity contribution in [2.75, 3.05) is 23.8 Å². The Kier molecular flexibility index (Phi) is 6.53. The second-order valence-corrected chi connectivity index (χ2v) is 4.95. The minimum atomic E-state index is 0.426. The molecule has 0 saturated heterocycles. The fraction of sp³-hybridized carbons (Fsp3) is 0.167. The van der Waals surface area contributed by atoms with Crippen molar-refractivity contribution in [2.24, 2.45) is 4.99 Å². The molecule has 0 aliphatic heterocycles. The first-order chi connectivity index (χ1) is 12.2. The maximum Gasteiger partial charge on any atom is 0.232 e. The third-order valence-electron chi connectivity index (χ3n) is 3.23. The van der Waals surface area contributed by atoms with Crippen molar-refractivity contribution in [3.05, 3.63) is 67.9 Å². The highest BCUT2D eigenvalue weighted by atomic mass is 15.3. The lowest BCUT2D eigenvalue weighted by molar-refractivity contribution is 0.881. The number of hydrogen-bond acceptors (Lipinski definition) is 7. The summed E-state index contributed by atoms with van der Waals surface area (Å²) < 4.78 is 0. The topological polar surface area (TPSA) is 79.2 Å². The van der Waals surface area contributed by atoms with Gasteiger partial charge in [0.2, 0.25) is 11.9 Å². The average molecular weight is 335 g/mol. The van der Waals surface area contributed by atoms with Crippen LogP contribution in [0, 0.1) is 0 Å². The van der Waals surface area contributed by atoms with E-state index in [1.807, 2.05) is 31.0 Å². The van der Waals surface area contributed by atoms with Crippen molar-refractivity contribution in [1.29, 1.82) is 0 Å². The molecule has 0 atom stereocenters. The molecular weight excluding hydrogens is 314 g/mol. The van der Waals surface area contributed by atoms with Crippen LogP contribution in [0.4, 0.5) is 17.6 Å². The van der Waals surface area contributed by atoms with Gasteiger partial charge in [-0.2, -0.15) is 15.0 Å². The minimum Gasteiger partial charge on any atom is -0.344 e. The van der Waals surface area contributed by atoms with E-state index in [9.17, 15) is 0 Å². The lowest BCUT2D eigenvalue weighted by Crippen LogP contribution is -2.21. The highest BCUT2D eigenvalue weighted by Gasteiger charge is 2.12. The molecule has 7 nitrogen and oxygen atoms in total. The molecule has 128 valence electrons. The summed E-state index contributed by atoms with van der Waals surface area (Å²) in [7, 11) is 1.92. The molecule has 2 aromatic heterocycles. The molecule has 0 aromatic carbocycles. The quantitative estimate of drug-likeness (QED) is 0.590. The molecule has 0 radical (unpaired) electrons. The van der Waals surface area contributed by atoms with E-state index in [1.54, 1.807) is 30.6 Å². The number of nitrogens with one attached hydrogen (secondary N) is 1. The fourth-order valence-electron chi connectivity index (χ4n) is 1.84. The number of allylic oxidation sites excluding steroid dienone is 3. The Morgan fingerprint density at radius 1 is 1.24 bits per heavy atom. The second kappa shape index (κ2) is 9.07. The van der Waals surface area contributed by atoms with E-state index >= 15 is 0 Å². The summed E-state index contributed by atoms with van der Waals surface area (Å²) in [5, 5.41) is 3.16. The van der Waals surface area contributed by atoms with Crippen LogP contribution < -0.4 is 10.2 Å². The van der Waals surface area contributed by atoms with Crippen molar-refractivity contribution < 1.29 is 0 Å². The number of hydrogen-bond donors (Lipinski definition) is 1. The van der Waals surface area contributed by atoms with Crippen molar-refractivity contribution >= 4 is 23.3 Å². The molecule has 1 N–H and O–H groups in total. The largest absolute Gasteiger partial charge is 0.344 e. The van der Waals surface area contributed by atoms with Gasteiger partial charge in [0.25, 0.3) is 0 Å². The van der Waals surface area contributed by atoms with E-state index in [-0.39, 0.29) is 0 Å². The average Bonchev–Trinajstić information content (AvgIpc) is 2.65. The second-order valence-electron chi connectivity index (χ2n) is 4.95. The Labute approximate surface area is 147 Å². The molecule has 0 aliphatic rings. The fourth-order valence-corrected chi connectivity index (χ4v) is 1.84. The van der Waals surface area contributed by atoms with E-state index in [4.69, 9.17) is 0 Å². The summed E-state index contributed by atoms with van der Waals surface area (Å²) in [5.41, 5.74) is 1.40. The van der Waals surface area contributed by atoms with Crippen LogP contribution >= 0.6 is 0 Å². The maximum atomic E-state index is 4.50. The lowest BCUT2D eigenvalue weighted by Gasteiger charge is -2.16. The molecule has 0 amide bonds. The van der Waals surface area contributed by atoms with Gasteiger partial charge >= 0.3 is 0 Å². The first-order valence-corrected chi connectivity index (χ1v) is 7.80. The summed E-state index contributed by atoms with van der Waals surface area (Å²) in [4.78, 5) is 23.6. The van der Waals surface area contributed by atoms with Gasteiger partial charge in [-0.3, -0.25) is 9.98 Å². The number of pyridine rings is 1. The summed E-state index contributed by atoms with van der Waals surface area (Å²) in [6.45, 7) is 10.1. The van der Waals surface area contributed by atoms with E-state index in [0.717, 1.165) is 12.2 Å². The summed E-state index contributed by atoms with van der Waals surface area (Å²) in [6, 6.07) is 3.67. The standard InChI is InChI=1S/C18H21N7/c1-5-8-9-15(20-6-2)16-22-17(21-14-10-12-19-13-11-14)24-18(23-16)25(4)7-3/h5-6,8-13H,1-2,7H2,3-4H3,(H,19,21,22,23,24)/b9-8-,20-15?. The molecule has 25 heavy (non-hydrogen) atoms. The SMILES string of the molecule is C=C/C=C\C(=NC=C)c1nc(Nc2ccncc2)nc(N(C)CC)n1. The maximum absolute atomic E-state index is 4.50. The third-order valence-corrected chi connectivity index (χ3v) is 3.23. The Bertz CT molecular complexity index is 781. The molecule has 0 fully saturated rings. The van der Waals surface area contributed by atoms with E-state index in [2.05, 4.69) is 43.4 Å². The number of aromatic nitrogens is 4. The molecule has 2 rings (SSSR count). The van der Waals surface area contributed by atoms with Crippen molar-refractivity contribution in [3.63, 3.8) is 0 Å². The Balaban J connectivity index is 2.49. The van der Waals surface area contributed by atoms with Gasteiger partial charge in [-0.1, -0.05) is 25.3 Å². The van der Waals surface area contributed by atoms with E-state index in [1.165, 1.54) is 6.20 Å². The van der Waals surface area contributed by atoms with Gasteiger partial charge in [-0.15, -0.1) is 0 Å². The van der Waals surface area contributed by atoms with Gasteiger partial charge < -0.3 is 10.2 Å². The Morgan fingerprint density at radius 2 is 2.00 bits per heavy atom. The van der Waals surface area contributed by atoms with Crippen LogP contribution in [0.25, 0.3) is 0 Å². The van der Waals surface area contributed by atoms with Gasteiger partial charge in [-0.25, -0.2) is 0 Å². The van der Waals surface area contributed by atoms with Crippen LogP contribution in [0.15, 0.2) is 67.1 Å². The number of aliphatic imine (C=N–C) groups is 1. The number of rotatable bonds is 8. The van der Waals surface area contributed by atoms with Crippen LogP contribution in [0.2, 0.25) is 0 Å². The number of nitrogens with zero attached hydrogens (tertiary/aromatic N) is 6.